The van der Waals surface area contributed by atoms with Gasteiger partial charge in [0, 0.05) is 6.42 Å². The van der Waals surface area contributed by atoms with Crippen molar-refractivity contribution in [1.82, 2.24) is 5.32 Å². The summed E-state index contributed by atoms with van der Waals surface area (Å²) in [6.07, 6.45) is 26.4. The number of unbranched alkanes of at least 4 members (excludes halogenated alkanes) is 16. The minimum Gasteiger partial charge on any atom is -0.394 e. The van der Waals surface area contributed by atoms with Crippen molar-refractivity contribution in [3.63, 3.8) is 0 Å². The van der Waals surface area contributed by atoms with Gasteiger partial charge in [0.05, 0.1) is 25.4 Å². The van der Waals surface area contributed by atoms with Crippen molar-refractivity contribution in [2.45, 2.75) is 185 Å². The lowest BCUT2D eigenvalue weighted by atomic mass is 9.99. The van der Waals surface area contributed by atoms with Crippen LogP contribution in [-0.2, 0) is 14.3 Å². The second-order valence-corrected chi connectivity index (χ2v) is 13.0. The number of ether oxygens (including phenoxy) is 2. The third-order valence-corrected chi connectivity index (χ3v) is 8.79. The van der Waals surface area contributed by atoms with Crippen LogP contribution in [0.3, 0.4) is 0 Å². The number of aliphatic hydroxyl groups is 5. The molecule has 0 spiro atoms. The summed E-state index contributed by atoms with van der Waals surface area (Å²) < 4.78 is 11.1. The molecule has 7 unspecified atom stereocenters. The van der Waals surface area contributed by atoms with E-state index in [0.717, 1.165) is 44.9 Å². The van der Waals surface area contributed by atoms with Gasteiger partial charge in [-0.15, -0.1) is 0 Å². The molecule has 1 heterocycles. The highest BCUT2D eigenvalue weighted by molar-refractivity contribution is 5.76. The van der Waals surface area contributed by atoms with E-state index in [1.54, 1.807) is 6.08 Å². The summed E-state index contributed by atoms with van der Waals surface area (Å²) >= 11 is 0. The van der Waals surface area contributed by atoms with Gasteiger partial charge in [0.15, 0.2) is 6.29 Å². The molecule has 9 nitrogen and oxygen atoms in total. The standard InChI is InChI=1S/C38H69NO8/c1-3-5-7-9-11-13-14-15-16-17-18-20-22-24-26-28-34(42)39-31(32(41)27-25-23-21-19-12-10-8-6-4-2)30-46-38-37(45)36(44)35(43)33(29-40)47-38/h4,6,12,19,25,27,31-33,35-38,40-41,43-45H,3,5,7-11,13-18,20-24,26,28-30H2,1-2H3,(H,39,42)/b6-4+,19-12+,27-25+. The summed E-state index contributed by atoms with van der Waals surface area (Å²) in [7, 11) is 0. The Morgan fingerprint density at radius 2 is 1.26 bits per heavy atom. The molecule has 1 fully saturated rings. The molecule has 9 heteroatoms. The van der Waals surface area contributed by atoms with Gasteiger partial charge in [-0.25, -0.2) is 0 Å². The Morgan fingerprint density at radius 3 is 1.79 bits per heavy atom. The minimum absolute atomic E-state index is 0.196. The van der Waals surface area contributed by atoms with E-state index in [1.807, 2.05) is 19.1 Å². The Hall–Kier alpha value is -1.59. The van der Waals surface area contributed by atoms with Gasteiger partial charge in [0.2, 0.25) is 5.91 Å². The highest BCUT2D eigenvalue weighted by Crippen LogP contribution is 2.22. The molecule has 1 saturated heterocycles. The molecule has 0 bridgehead atoms. The smallest absolute Gasteiger partial charge is 0.220 e. The number of aliphatic hydroxyl groups excluding tert-OH is 5. The molecule has 1 rings (SSSR count). The zero-order valence-electron chi connectivity index (χ0n) is 29.5. The topological polar surface area (TPSA) is 149 Å². The number of carbonyl (C=O) groups excluding carboxylic acids is 1. The Morgan fingerprint density at radius 1 is 0.745 bits per heavy atom. The molecule has 1 aliphatic rings. The largest absolute Gasteiger partial charge is 0.394 e. The predicted octanol–water partition coefficient (Wildman–Crippen LogP) is 6.16. The zero-order chi connectivity index (χ0) is 34.5. The molecular weight excluding hydrogens is 598 g/mol. The third kappa shape index (κ3) is 21.2. The Labute approximate surface area is 285 Å². The number of nitrogens with one attached hydrogen (secondary N) is 1. The van der Waals surface area contributed by atoms with Crippen LogP contribution in [0, 0.1) is 0 Å². The number of hydrogen-bond donors (Lipinski definition) is 6. The highest BCUT2D eigenvalue weighted by atomic mass is 16.7. The fourth-order valence-electron chi connectivity index (χ4n) is 5.72. The van der Waals surface area contributed by atoms with Crippen molar-refractivity contribution in [3.05, 3.63) is 36.5 Å². The third-order valence-electron chi connectivity index (χ3n) is 8.79. The summed E-state index contributed by atoms with van der Waals surface area (Å²) in [5.41, 5.74) is 0. The van der Waals surface area contributed by atoms with E-state index < -0.39 is 49.5 Å². The van der Waals surface area contributed by atoms with Gasteiger partial charge in [-0.3, -0.25) is 4.79 Å². The molecule has 6 N–H and O–H groups in total. The van der Waals surface area contributed by atoms with E-state index in [0.29, 0.717) is 6.42 Å². The average molecular weight is 668 g/mol. The SMILES string of the molecule is C/C=C/CC/C=C/CC/C=C/C(O)C(COC1OC(CO)C(O)C(O)C1O)NC(=O)CCCCCCCCCCCCCCCCC. The first-order chi connectivity index (χ1) is 22.8. The van der Waals surface area contributed by atoms with Crippen LogP contribution < -0.4 is 5.32 Å². The second-order valence-electron chi connectivity index (χ2n) is 13.0. The fraction of sp³-hybridized carbons (Fsp3) is 0.816. The summed E-state index contributed by atoms with van der Waals surface area (Å²) in [6, 6.07) is -0.821. The van der Waals surface area contributed by atoms with Gasteiger partial charge in [-0.2, -0.15) is 0 Å². The Bertz CT molecular complexity index is 833. The van der Waals surface area contributed by atoms with Crippen LogP contribution in [0.4, 0.5) is 0 Å². The van der Waals surface area contributed by atoms with Crippen LogP contribution in [0.2, 0.25) is 0 Å². The zero-order valence-corrected chi connectivity index (χ0v) is 29.5. The van der Waals surface area contributed by atoms with Crippen LogP contribution in [0.5, 0.6) is 0 Å². The van der Waals surface area contributed by atoms with E-state index >= 15 is 0 Å². The predicted molar refractivity (Wildman–Crippen MR) is 189 cm³/mol. The van der Waals surface area contributed by atoms with E-state index in [1.165, 1.54) is 77.0 Å². The second kappa shape index (κ2) is 29.3. The van der Waals surface area contributed by atoms with Crippen LogP contribution in [0.1, 0.15) is 142 Å². The van der Waals surface area contributed by atoms with Crippen molar-refractivity contribution < 1.29 is 39.8 Å². The molecule has 0 radical (unpaired) electrons. The number of rotatable bonds is 29. The number of allylic oxidation sites excluding steroid dienone is 5. The number of amides is 1. The maximum atomic E-state index is 12.8. The van der Waals surface area contributed by atoms with E-state index in [2.05, 4.69) is 30.5 Å². The van der Waals surface area contributed by atoms with Gasteiger partial charge in [-0.1, -0.05) is 133 Å². The van der Waals surface area contributed by atoms with Gasteiger partial charge in [0.25, 0.3) is 0 Å². The van der Waals surface area contributed by atoms with Gasteiger partial charge in [-0.05, 0) is 39.0 Å². The number of carbonyl (C=O) groups is 1. The molecular formula is C38H69NO8. The average Bonchev–Trinajstić information content (AvgIpc) is 3.07. The van der Waals surface area contributed by atoms with Crippen LogP contribution >= 0.6 is 0 Å². The summed E-state index contributed by atoms with van der Waals surface area (Å²) in [5.74, 6) is -0.196. The molecule has 0 aromatic rings. The Balaban J connectivity index is 2.44. The molecule has 1 aliphatic heterocycles. The first-order valence-electron chi connectivity index (χ1n) is 18.7. The lowest BCUT2D eigenvalue weighted by molar-refractivity contribution is -0.302. The van der Waals surface area contributed by atoms with Crippen molar-refractivity contribution >= 4 is 5.91 Å². The van der Waals surface area contributed by atoms with Gasteiger partial charge < -0.3 is 40.3 Å². The molecule has 0 saturated carbocycles. The molecule has 0 aromatic heterocycles. The van der Waals surface area contributed by atoms with Gasteiger partial charge >= 0.3 is 0 Å². The fourth-order valence-corrected chi connectivity index (χ4v) is 5.72. The Kier molecular flexibility index (Phi) is 27.1. The summed E-state index contributed by atoms with van der Waals surface area (Å²) in [6.45, 7) is 3.49. The van der Waals surface area contributed by atoms with E-state index in [-0.39, 0.29) is 12.5 Å². The monoisotopic (exact) mass is 668 g/mol. The van der Waals surface area contributed by atoms with Crippen molar-refractivity contribution in [1.29, 1.82) is 0 Å². The normalized spacial score (nSPS) is 23.3. The summed E-state index contributed by atoms with van der Waals surface area (Å²) in [4.78, 5) is 12.8. The molecule has 47 heavy (non-hydrogen) atoms. The van der Waals surface area contributed by atoms with Crippen molar-refractivity contribution in [2.24, 2.45) is 0 Å². The minimum atomic E-state index is -1.57. The maximum Gasteiger partial charge on any atom is 0.220 e. The summed E-state index contributed by atoms with van der Waals surface area (Å²) in [5, 5.41) is 53.7. The van der Waals surface area contributed by atoms with Crippen LogP contribution in [0.25, 0.3) is 0 Å². The molecule has 274 valence electrons. The van der Waals surface area contributed by atoms with Crippen molar-refractivity contribution in [2.75, 3.05) is 13.2 Å². The molecule has 0 aromatic carbocycles. The molecule has 7 atom stereocenters. The van der Waals surface area contributed by atoms with Crippen molar-refractivity contribution in [3.8, 4) is 0 Å². The van der Waals surface area contributed by atoms with Crippen LogP contribution in [0.15, 0.2) is 36.5 Å². The van der Waals surface area contributed by atoms with Gasteiger partial charge in [0.1, 0.15) is 24.4 Å². The first-order valence-corrected chi connectivity index (χ1v) is 18.7. The number of hydrogen-bond acceptors (Lipinski definition) is 8. The lowest BCUT2D eigenvalue weighted by Crippen LogP contribution is -2.60. The van der Waals surface area contributed by atoms with E-state index in [9.17, 15) is 30.3 Å². The highest BCUT2D eigenvalue weighted by Gasteiger charge is 2.44. The maximum absolute atomic E-state index is 12.8. The molecule has 1 amide bonds. The van der Waals surface area contributed by atoms with E-state index in [4.69, 9.17) is 9.47 Å². The first kappa shape index (κ1) is 43.4. The quantitative estimate of drug-likeness (QED) is 0.0411. The van der Waals surface area contributed by atoms with Crippen LogP contribution in [-0.4, -0.2) is 87.5 Å². The molecule has 0 aliphatic carbocycles. The lowest BCUT2D eigenvalue weighted by Gasteiger charge is -2.40.